The van der Waals surface area contributed by atoms with Crippen LogP contribution in [0.3, 0.4) is 0 Å². The fraction of sp³-hybridized carbons (Fsp3) is 0.409. The summed E-state index contributed by atoms with van der Waals surface area (Å²) < 4.78 is 23.7. The first-order valence-electron chi connectivity index (χ1n) is 9.88. The molecule has 0 atom stereocenters. The Hall–Kier alpha value is -2.64. The van der Waals surface area contributed by atoms with Gasteiger partial charge in [-0.15, -0.1) is 0 Å². The standard InChI is InChI=1S/C22H25FN2O4/c23-18-4-2-17(3-5-18)22(27)7-10-25(11-8-22)12-9-24-21(26)14-16-1-6-19-20(13-16)29-15-28-19/h1-6,13,27H,7-12,14-15H2,(H,24,26). The van der Waals surface area contributed by atoms with Gasteiger partial charge in [0.15, 0.2) is 11.5 Å². The largest absolute Gasteiger partial charge is 0.454 e. The van der Waals surface area contributed by atoms with E-state index in [9.17, 15) is 14.3 Å². The predicted octanol–water partition coefficient (Wildman–Crippen LogP) is 2.20. The van der Waals surface area contributed by atoms with Gasteiger partial charge in [-0.1, -0.05) is 18.2 Å². The maximum absolute atomic E-state index is 13.1. The van der Waals surface area contributed by atoms with Crippen LogP contribution >= 0.6 is 0 Å². The number of likely N-dealkylation sites (tertiary alicyclic amines) is 1. The quantitative estimate of drug-likeness (QED) is 0.778. The number of piperidine rings is 1. The van der Waals surface area contributed by atoms with Crippen molar-refractivity contribution in [1.82, 2.24) is 10.2 Å². The Balaban J connectivity index is 1.19. The number of hydrogen-bond donors (Lipinski definition) is 2. The Bertz CT molecular complexity index is 864. The van der Waals surface area contributed by atoms with E-state index in [1.807, 2.05) is 18.2 Å². The molecule has 0 spiro atoms. The van der Waals surface area contributed by atoms with E-state index < -0.39 is 5.60 Å². The summed E-state index contributed by atoms with van der Waals surface area (Å²) in [5.41, 5.74) is 0.733. The second-order valence-corrected chi connectivity index (χ2v) is 7.59. The summed E-state index contributed by atoms with van der Waals surface area (Å²) in [5.74, 6) is 1.05. The van der Waals surface area contributed by atoms with Gasteiger partial charge in [-0.2, -0.15) is 0 Å². The van der Waals surface area contributed by atoms with Crippen LogP contribution in [0.4, 0.5) is 4.39 Å². The number of aliphatic hydroxyl groups is 1. The van der Waals surface area contributed by atoms with Gasteiger partial charge in [-0.3, -0.25) is 4.79 Å². The zero-order valence-corrected chi connectivity index (χ0v) is 16.2. The molecule has 1 saturated heterocycles. The van der Waals surface area contributed by atoms with Crippen molar-refractivity contribution < 1.29 is 23.8 Å². The molecular weight excluding hydrogens is 375 g/mol. The Kier molecular flexibility index (Phi) is 5.69. The number of nitrogens with zero attached hydrogens (tertiary/aromatic N) is 1. The molecular formula is C22H25FN2O4. The number of ether oxygens (including phenoxy) is 2. The van der Waals surface area contributed by atoms with Crippen molar-refractivity contribution in [3.8, 4) is 11.5 Å². The molecule has 7 heteroatoms. The summed E-state index contributed by atoms with van der Waals surface area (Å²) in [6, 6.07) is 11.6. The smallest absolute Gasteiger partial charge is 0.231 e. The van der Waals surface area contributed by atoms with E-state index in [-0.39, 0.29) is 18.5 Å². The molecule has 2 heterocycles. The highest BCUT2D eigenvalue weighted by Gasteiger charge is 2.33. The van der Waals surface area contributed by atoms with Crippen LogP contribution in [0.2, 0.25) is 0 Å². The number of hydrogen-bond acceptors (Lipinski definition) is 5. The number of fused-ring (bicyclic) bond motifs is 1. The molecule has 2 aliphatic heterocycles. The van der Waals surface area contributed by atoms with Crippen LogP contribution < -0.4 is 14.8 Å². The first-order chi connectivity index (χ1) is 14.0. The highest BCUT2D eigenvalue weighted by atomic mass is 19.1. The van der Waals surface area contributed by atoms with Crippen LogP contribution in [-0.2, 0) is 16.8 Å². The normalized spacial score (nSPS) is 17.9. The van der Waals surface area contributed by atoms with Crippen LogP contribution in [0.5, 0.6) is 11.5 Å². The third-order valence-electron chi connectivity index (χ3n) is 5.62. The summed E-state index contributed by atoms with van der Waals surface area (Å²) >= 11 is 0. The van der Waals surface area contributed by atoms with E-state index >= 15 is 0 Å². The molecule has 0 aromatic heterocycles. The van der Waals surface area contributed by atoms with Crippen molar-refractivity contribution in [2.24, 2.45) is 0 Å². The zero-order chi connectivity index (χ0) is 20.3. The number of carbonyl (C=O) groups is 1. The second-order valence-electron chi connectivity index (χ2n) is 7.59. The fourth-order valence-electron chi connectivity index (χ4n) is 3.85. The summed E-state index contributed by atoms with van der Waals surface area (Å²) in [6.45, 7) is 2.96. The van der Waals surface area contributed by atoms with Gasteiger partial charge in [0.05, 0.1) is 12.0 Å². The van der Waals surface area contributed by atoms with E-state index in [2.05, 4.69) is 10.2 Å². The Morgan fingerprint density at radius 1 is 1.10 bits per heavy atom. The minimum atomic E-state index is -0.910. The number of amides is 1. The van der Waals surface area contributed by atoms with Gasteiger partial charge in [-0.05, 0) is 48.2 Å². The summed E-state index contributed by atoms with van der Waals surface area (Å²) in [7, 11) is 0. The molecule has 29 heavy (non-hydrogen) atoms. The lowest BCUT2D eigenvalue weighted by molar-refractivity contribution is -0.120. The average Bonchev–Trinajstić information content (AvgIpc) is 3.18. The molecule has 2 N–H and O–H groups in total. The molecule has 4 rings (SSSR count). The van der Waals surface area contributed by atoms with E-state index in [1.54, 1.807) is 12.1 Å². The fourth-order valence-corrected chi connectivity index (χ4v) is 3.85. The maximum atomic E-state index is 13.1. The molecule has 2 aromatic rings. The molecule has 1 fully saturated rings. The molecule has 2 aliphatic rings. The summed E-state index contributed by atoms with van der Waals surface area (Å²) in [5, 5.41) is 13.8. The molecule has 0 aliphatic carbocycles. The first kappa shape index (κ1) is 19.7. The maximum Gasteiger partial charge on any atom is 0.231 e. The minimum absolute atomic E-state index is 0.0382. The van der Waals surface area contributed by atoms with Gasteiger partial charge in [0.25, 0.3) is 0 Å². The number of halogens is 1. The molecule has 1 amide bonds. The lowest BCUT2D eigenvalue weighted by Crippen LogP contribution is -2.45. The van der Waals surface area contributed by atoms with Crippen molar-refractivity contribution >= 4 is 5.91 Å². The van der Waals surface area contributed by atoms with Gasteiger partial charge in [-0.25, -0.2) is 4.39 Å². The van der Waals surface area contributed by atoms with Crippen LogP contribution in [0.1, 0.15) is 24.0 Å². The third-order valence-corrected chi connectivity index (χ3v) is 5.62. The van der Waals surface area contributed by atoms with Crippen molar-refractivity contribution in [2.45, 2.75) is 24.9 Å². The highest BCUT2D eigenvalue weighted by molar-refractivity contribution is 5.78. The van der Waals surface area contributed by atoms with Crippen molar-refractivity contribution in [1.29, 1.82) is 0 Å². The third kappa shape index (κ3) is 4.68. The number of rotatable bonds is 6. The summed E-state index contributed by atoms with van der Waals surface area (Å²) in [4.78, 5) is 14.4. The Morgan fingerprint density at radius 2 is 1.83 bits per heavy atom. The monoisotopic (exact) mass is 400 g/mol. The molecule has 0 radical (unpaired) electrons. The van der Waals surface area contributed by atoms with E-state index in [0.717, 1.165) is 30.8 Å². The van der Waals surface area contributed by atoms with Crippen molar-refractivity contribution in [3.05, 3.63) is 59.4 Å². The SMILES string of the molecule is O=C(Cc1ccc2c(c1)OCO2)NCCN1CCC(O)(c2ccc(F)cc2)CC1. The van der Waals surface area contributed by atoms with E-state index in [4.69, 9.17) is 9.47 Å². The van der Waals surface area contributed by atoms with E-state index in [1.165, 1.54) is 12.1 Å². The van der Waals surface area contributed by atoms with Crippen LogP contribution in [0, 0.1) is 5.82 Å². The number of benzene rings is 2. The number of carbonyl (C=O) groups excluding carboxylic acids is 1. The molecule has 0 bridgehead atoms. The zero-order valence-electron chi connectivity index (χ0n) is 16.2. The molecule has 154 valence electrons. The average molecular weight is 400 g/mol. The molecule has 2 aromatic carbocycles. The van der Waals surface area contributed by atoms with Gasteiger partial charge in [0.1, 0.15) is 5.82 Å². The lowest BCUT2D eigenvalue weighted by atomic mass is 9.84. The Morgan fingerprint density at radius 3 is 2.59 bits per heavy atom. The van der Waals surface area contributed by atoms with Crippen molar-refractivity contribution in [3.63, 3.8) is 0 Å². The van der Waals surface area contributed by atoms with E-state index in [0.29, 0.717) is 37.3 Å². The van der Waals surface area contributed by atoms with Gasteiger partial charge in [0.2, 0.25) is 12.7 Å². The number of nitrogens with one attached hydrogen (secondary N) is 1. The first-order valence-corrected chi connectivity index (χ1v) is 9.88. The Labute approximate surface area is 169 Å². The van der Waals surface area contributed by atoms with Crippen LogP contribution in [0.25, 0.3) is 0 Å². The van der Waals surface area contributed by atoms with Gasteiger partial charge < -0.3 is 24.8 Å². The minimum Gasteiger partial charge on any atom is -0.454 e. The predicted molar refractivity (Wildman–Crippen MR) is 105 cm³/mol. The van der Waals surface area contributed by atoms with Gasteiger partial charge in [0, 0.05) is 26.2 Å². The van der Waals surface area contributed by atoms with Gasteiger partial charge >= 0.3 is 0 Å². The highest BCUT2D eigenvalue weighted by Crippen LogP contribution is 2.33. The molecule has 0 unspecified atom stereocenters. The topological polar surface area (TPSA) is 71.0 Å². The second kappa shape index (κ2) is 8.39. The lowest BCUT2D eigenvalue weighted by Gasteiger charge is -2.38. The molecule has 0 saturated carbocycles. The summed E-state index contributed by atoms with van der Waals surface area (Å²) in [6.07, 6.45) is 1.47. The van der Waals surface area contributed by atoms with Crippen molar-refractivity contribution in [2.75, 3.05) is 33.0 Å². The van der Waals surface area contributed by atoms with Crippen LogP contribution in [0.15, 0.2) is 42.5 Å². The van der Waals surface area contributed by atoms with Crippen LogP contribution in [-0.4, -0.2) is 48.9 Å². The molecule has 6 nitrogen and oxygen atoms in total.